The Morgan fingerprint density at radius 1 is 1.28 bits per heavy atom. The summed E-state index contributed by atoms with van der Waals surface area (Å²) in [4.78, 5) is 9.04. The highest BCUT2D eigenvalue weighted by Crippen LogP contribution is 2.20. The lowest BCUT2D eigenvalue weighted by molar-refractivity contribution is -0.138. The molecule has 0 heterocycles. The summed E-state index contributed by atoms with van der Waals surface area (Å²) in [6.07, 6.45) is 0. The van der Waals surface area contributed by atoms with Crippen molar-refractivity contribution in [3.8, 4) is 0 Å². The van der Waals surface area contributed by atoms with Crippen LogP contribution < -0.4 is 4.72 Å². The van der Waals surface area contributed by atoms with Crippen LogP contribution in [0.3, 0.4) is 0 Å². The van der Waals surface area contributed by atoms with E-state index in [9.17, 15) is 26.4 Å². The number of hydrogen-bond donors (Lipinski definition) is 2. The van der Waals surface area contributed by atoms with Gasteiger partial charge in [-0.3, -0.25) is 4.79 Å². The molecule has 0 aliphatic carbocycles. The minimum atomic E-state index is -4.73. The van der Waals surface area contributed by atoms with Crippen LogP contribution in [0.25, 0.3) is 0 Å². The third kappa shape index (κ3) is 2.99. The number of hydrogen-bond acceptors (Lipinski definition) is 3. The van der Waals surface area contributed by atoms with Crippen LogP contribution >= 0.6 is 0 Å². The van der Waals surface area contributed by atoms with Gasteiger partial charge in [0, 0.05) is 12.1 Å². The monoisotopic (exact) mass is 283 g/mol. The Bertz CT molecular complexity index is 564. The molecule has 1 aromatic carbocycles. The van der Waals surface area contributed by atoms with Crippen molar-refractivity contribution < 1.29 is 31.5 Å². The van der Waals surface area contributed by atoms with E-state index in [4.69, 9.17) is 5.11 Å². The maximum Gasteiger partial charge on any atom is 0.321 e. The molecule has 0 radical (unpaired) electrons. The quantitative estimate of drug-likeness (QED) is 0.858. The first-order valence-corrected chi connectivity index (χ1v) is 6.03. The fourth-order valence-electron chi connectivity index (χ4n) is 1.13. The SMILES string of the molecule is C[C@@H](NS(=O)(=O)c1c(F)cc(F)cc1F)C(=O)O. The maximum atomic E-state index is 13.2. The van der Waals surface area contributed by atoms with Gasteiger partial charge in [-0.25, -0.2) is 21.6 Å². The van der Waals surface area contributed by atoms with Crippen molar-refractivity contribution in [2.75, 3.05) is 0 Å². The molecule has 0 unspecified atom stereocenters. The van der Waals surface area contributed by atoms with E-state index in [0.29, 0.717) is 0 Å². The molecular formula is C9H8F3NO4S. The maximum absolute atomic E-state index is 13.2. The Hall–Kier alpha value is -1.61. The molecule has 9 heteroatoms. The van der Waals surface area contributed by atoms with Gasteiger partial charge in [0.25, 0.3) is 0 Å². The number of carboxylic acid groups (broad SMARTS) is 1. The van der Waals surface area contributed by atoms with Crippen LogP contribution in [0.5, 0.6) is 0 Å². The van der Waals surface area contributed by atoms with Crippen LogP contribution in [0.2, 0.25) is 0 Å². The number of benzene rings is 1. The summed E-state index contributed by atoms with van der Waals surface area (Å²) in [5.74, 6) is -6.09. The zero-order chi connectivity index (χ0) is 14.1. The minimum Gasteiger partial charge on any atom is -0.480 e. The van der Waals surface area contributed by atoms with E-state index in [0.717, 1.165) is 6.92 Å². The van der Waals surface area contributed by atoms with Gasteiger partial charge >= 0.3 is 5.97 Å². The molecule has 0 fully saturated rings. The Morgan fingerprint density at radius 3 is 2.11 bits per heavy atom. The Morgan fingerprint density at radius 2 is 1.72 bits per heavy atom. The van der Waals surface area contributed by atoms with Crippen molar-refractivity contribution in [2.45, 2.75) is 17.9 Å². The first kappa shape index (κ1) is 14.5. The molecule has 0 amide bonds. The number of aliphatic carboxylic acids is 1. The van der Waals surface area contributed by atoms with Gasteiger partial charge in [0.2, 0.25) is 10.0 Å². The summed E-state index contributed by atoms with van der Waals surface area (Å²) in [6, 6.07) is -1.22. The van der Waals surface area contributed by atoms with Crippen molar-refractivity contribution in [1.29, 1.82) is 0 Å². The van der Waals surface area contributed by atoms with Crippen molar-refractivity contribution in [1.82, 2.24) is 4.72 Å². The summed E-state index contributed by atoms with van der Waals surface area (Å²) < 4.78 is 63.6. The standard InChI is InChI=1S/C9H8F3NO4S/c1-4(9(14)15)13-18(16,17)8-6(11)2-5(10)3-7(8)12/h2-4,13H,1H3,(H,14,15)/t4-/m1/s1. The van der Waals surface area contributed by atoms with E-state index in [-0.39, 0.29) is 12.1 Å². The van der Waals surface area contributed by atoms with Crippen molar-refractivity contribution in [3.05, 3.63) is 29.6 Å². The van der Waals surface area contributed by atoms with Crippen molar-refractivity contribution in [3.63, 3.8) is 0 Å². The summed E-state index contributed by atoms with van der Waals surface area (Å²) in [5, 5.41) is 8.50. The second kappa shape index (κ2) is 4.94. The third-order valence-corrected chi connectivity index (χ3v) is 3.53. The van der Waals surface area contributed by atoms with Crippen molar-refractivity contribution >= 4 is 16.0 Å². The van der Waals surface area contributed by atoms with E-state index in [1.54, 1.807) is 4.72 Å². The molecule has 1 rings (SSSR count). The second-order valence-electron chi connectivity index (χ2n) is 3.38. The second-order valence-corrected chi connectivity index (χ2v) is 5.03. The molecule has 0 spiro atoms. The summed E-state index contributed by atoms with van der Waals surface area (Å²) >= 11 is 0. The summed E-state index contributed by atoms with van der Waals surface area (Å²) in [6.45, 7) is 0.971. The van der Waals surface area contributed by atoms with E-state index >= 15 is 0 Å². The molecule has 1 atom stereocenters. The normalized spacial score (nSPS) is 13.3. The smallest absolute Gasteiger partial charge is 0.321 e. The molecule has 0 saturated carbocycles. The predicted molar refractivity (Wildman–Crippen MR) is 53.7 cm³/mol. The van der Waals surface area contributed by atoms with Crippen LogP contribution in [0.4, 0.5) is 13.2 Å². The average Bonchev–Trinajstić information content (AvgIpc) is 2.13. The highest BCUT2D eigenvalue weighted by atomic mass is 32.2. The summed E-state index contributed by atoms with van der Waals surface area (Å²) in [5.41, 5.74) is 0. The van der Waals surface area contributed by atoms with Gasteiger partial charge in [-0.15, -0.1) is 0 Å². The molecule has 18 heavy (non-hydrogen) atoms. The van der Waals surface area contributed by atoms with Gasteiger partial charge < -0.3 is 5.11 Å². The van der Waals surface area contributed by atoms with E-state index < -0.39 is 44.4 Å². The van der Waals surface area contributed by atoms with Crippen LogP contribution in [0.1, 0.15) is 6.92 Å². The lowest BCUT2D eigenvalue weighted by atomic mass is 10.3. The highest BCUT2D eigenvalue weighted by Gasteiger charge is 2.28. The Balaban J connectivity index is 3.25. The number of carbonyl (C=O) groups is 1. The minimum absolute atomic E-state index is 0.184. The first-order chi connectivity index (χ1) is 8.15. The molecule has 100 valence electrons. The molecule has 1 aromatic rings. The molecule has 0 bridgehead atoms. The van der Waals surface area contributed by atoms with Crippen molar-refractivity contribution in [2.24, 2.45) is 0 Å². The molecule has 2 N–H and O–H groups in total. The van der Waals surface area contributed by atoms with Crippen LogP contribution in [-0.4, -0.2) is 25.5 Å². The molecule has 0 aliphatic heterocycles. The summed E-state index contributed by atoms with van der Waals surface area (Å²) in [7, 11) is -4.73. The molecule has 0 aliphatic rings. The average molecular weight is 283 g/mol. The third-order valence-electron chi connectivity index (χ3n) is 1.93. The molecule has 0 aromatic heterocycles. The van der Waals surface area contributed by atoms with Gasteiger partial charge in [-0.05, 0) is 6.92 Å². The van der Waals surface area contributed by atoms with E-state index in [1.165, 1.54) is 0 Å². The van der Waals surface area contributed by atoms with E-state index in [1.807, 2.05) is 0 Å². The van der Waals surface area contributed by atoms with Gasteiger partial charge in [-0.2, -0.15) is 4.72 Å². The molecule has 5 nitrogen and oxygen atoms in total. The number of carboxylic acids is 1. The van der Waals surface area contributed by atoms with Gasteiger partial charge in [0.05, 0.1) is 0 Å². The number of sulfonamides is 1. The zero-order valence-electron chi connectivity index (χ0n) is 8.95. The fourth-order valence-corrected chi connectivity index (χ4v) is 2.44. The van der Waals surface area contributed by atoms with Gasteiger partial charge in [0.15, 0.2) is 4.90 Å². The number of rotatable bonds is 4. The van der Waals surface area contributed by atoms with Crippen LogP contribution in [-0.2, 0) is 14.8 Å². The van der Waals surface area contributed by atoms with E-state index in [2.05, 4.69) is 0 Å². The fraction of sp³-hybridized carbons (Fsp3) is 0.222. The Kier molecular flexibility index (Phi) is 3.97. The van der Waals surface area contributed by atoms with Crippen LogP contribution in [0.15, 0.2) is 17.0 Å². The molecule has 0 saturated heterocycles. The predicted octanol–water partition coefficient (Wildman–Crippen LogP) is 0.855. The number of nitrogens with one attached hydrogen (secondary N) is 1. The molecular weight excluding hydrogens is 275 g/mol. The first-order valence-electron chi connectivity index (χ1n) is 4.55. The topological polar surface area (TPSA) is 83.5 Å². The number of halogens is 3. The van der Waals surface area contributed by atoms with Gasteiger partial charge in [0.1, 0.15) is 23.5 Å². The Labute approximate surface area is 100 Å². The van der Waals surface area contributed by atoms with Crippen LogP contribution in [0, 0.1) is 17.5 Å². The zero-order valence-corrected chi connectivity index (χ0v) is 9.76. The van der Waals surface area contributed by atoms with Gasteiger partial charge in [-0.1, -0.05) is 0 Å². The lowest BCUT2D eigenvalue weighted by Crippen LogP contribution is -2.39. The largest absolute Gasteiger partial charge is 0.480 e. The highest BCUT2D eigenvalue weighted by molar-refractivity contribution is 7.89. The lowest BCUT2D eigenvalue weighted by Gasteiger charge is -2.11.